The van der Waals surface area contributed by atoms with Crippen molar-refractivity contribution < 1.29 is 19.2 Å². The molecule has 0 fully saturated rings. The highest BCUT2D eigenvalue weighted by Gasteiger charge is 2.41. The summed E-state index contributed by atoms with van der Waals surface area (Å²) >= 11 is 0. The fourth-order valence-corrected chi connectivity index (χ4v) is 8.67. The summed E-state index contributed by atoms with van der Waals surface area (Å²) < 4.78 is 0. The number of hydrogen-bond acceptors (Lipinski definition) is 5. The van der Waals surface area contributed by atoms with Gasteiger partial charge < -0.3 is 5.73 Å². The van der Waals surface area contributed by atoms with Gasteiger partial charge in [0, 0.05) is 5.69 Å². The average molecular weight is 738 g/mol. The second-order valence-corrected chi connectivity index (χ2v) is 15.3. The van der Waals surface area contributed by atoms with Crippen LogP contribution in [0.15, 0.2) is 84.9 Å². The summed E-state index contributed by atoms with van der Waals surface area (Å²) in [4.78, 5) is 59.0. The molecule has 0 spiro atoms. The number of nitrogens with two attached hydrogens (primary N) is 1. The molecule has 2 heterocycles. The summed E-state index contributed by atoms with van der Waals surface area (Å²) in [6.07, 6.45) is 0. The molecule has 2 aliphatic heterocycles. The van der Waals surface area contributed by atoms with Crippen molar-refractivity contribution in [1.82, 2.24) is 0 Å². The Labute approximate surface area is 327 Å². The number of nitrogen functional groups attached to an aromatic ring is 1. The summed E-state index contributed by atoms with van der Waals surface area (Å²) in [5.41, 5.74) is 23.2. The minimum atomic E-state index is -0.352. The van der Waals surface area contributed by atoms with Crippen molar-refractivity contribution in [2.75, 3.05) is 15.5 Å². The molecule has 278 valence electrons. The predicted octanol–water partition coefficient (Wildman–Crippen LogP) is 10.6. The number of aryl methyl sites for hydroxylation is 1. The zero-order valence-corrected chi connectivity index (χ0v) is 33.2. The van der Waals surface area contributed by atoms with E-state index in [0.717, 1.165) is 83.5 Å². The third-order valence-corrected chi connectivity index (χ3v) is 12.3. The van der Waals surface area contributed by atoms with E-state index < -0.39 is 0 Å². The Hall–Kier alpha value is -6.60. The van der Waals surface area contributed by atoms with Gasteiger partial charge in [-0.2, -0.15) is 0 Å². The Morgan fingerprint density at radius 3 is 1.02 bits per heavy atom. The van der Waals surface area contributed by atoms with Gasteiger partial charge in [-0.3, -0.25) is 19.2 Å². The molecule has 6 aromatic rings. The minimum Gasteiger partial charge on any atom is -0.399 e. The first-order valence-corrected chi connectivity index (χ1v) is 18.8. The first kappa shape index (κ1) is 36.4. The Morgan fingerprint density at radius 2 is 0.661 bits per heavy atom. The first-order valence-electron chi connectivity index (χ1n) is 18.8. The van der Waals surface area contributed by atoms with Gasteiger partial charge in [0.1, 0.15) is 0 Å². The average Bonchev–Trinajstić information content (AvgIpc) is 3.58. The molecular formula is C49H43N3O4. The van der Waals surface area contributed by atoms with Crippen LogP contribution in [0.5, 0.6) is 0 Å². The number of carbonyl (C=O) groups excluding carboxylic acids is 4. The summed E-state index contributed by atoms with van der Waals surface area (Å²) in [5, 5.41) is 0. The zero-order chi connectivity index (χ0) is 40.1. The highest BCUT2D eigenvalue weighted by molar-refractivity contribution is 6.36. The molecule has 0 aliphatic carbocycles. The molecule has 0 saturated heterocycles. The van der Waals surface area contributed by atoms with E-state index in [2.05, 4.69) is 0 Å². The van der Waals surface area contributed by atoms with Gasteiger partial charge in [-0.25, -0.2) is 9.80 Å². The van der Waals surface area contributed by atoms with E-state index in [1.165, 1.54) is 9.80 Å². The van der Waals surface area contributed by atoms with Crippen LogP contribution in [0.25, 0.3) is 33.4 Å². The van der Waals surface area contributed by atoms with Gasteiger partial charge in [-0.15, -0.1) is 0 Å². The summed E-state index contributed by atoms with van der Waals surface area (Å²) in [6.45, 7) is 18.0. The molecule has 0 radical (unpaired) electrons. The van der Waals surface area contributed by atoms with Crippen molar-refractivity contribution in [3.63, 3.8) is 0 Å². The Bertz CT molecular complexity index is 2510. The van der Waals surface area contributed by atoms with Crippen molar-refractivity contribution >= 4 is 40.7 Å². The lowest BCUT2D eigenvalue weighted by Crippen LogP contribution is -2.31. The zero-order valence-electron chi connectivity index (χ0n) is 33.2. The minimum absolute atomic E-state index is 0.330. The van der Waals surface area contributed by atoms with Crippen LogP contribution in [0, 0.1) is 62.3 Å². The van der Waals surface area contributed by atoms with Gasteiger partial charge in [0.2, 0.25) is 0 Å². The van der Waals surface area contributed by atoms with Gasteiger partial charge in [-0.1, -0.05) is 54.1 Å². The lowest BCUT2D eigenvalue weighted by molar-refractivity contribution is 0.0910. The van der Waals surface area contributed by atoms with Crippen LogP contribution in [0.4, 0.5) is 17.1 Å². The Morgan fingerprint density at radius 1 is 0.357 bits per heavy atom. The number of hydrogen-bond donors (Lipinski definition) is 1. The van der Waals surface area contributed by atoms with Crippen molar-refractivity contribution in [1.29, 1.82) is 0 Å². The fourth-order valence-electron chi connectivity index (χ4n) is 8.67. The predicted molar refractivity (Wildman–Crippen MR) is 225 cm³/mol. The third kappa shape index (κ3) is 5.25. The number of imide groups is 2. The lowest BCUT2D eigenvalue weighted by Gasteiger charge is -2.29. The second kappa shape index (κ2) is 13.0. The number of fused-ring (bicyclic) bond motifs is 2. The Balaban J connectivity index is 1.19. The molecule has 8 rings (SSSR count). The molecular weight excluding hydrogens is 695 g/mol. The highest BCUT2D eigenvalue weighted by atomic mass is 16.2. The summed E-state index contributed by atoms with van der Waals surface area (Å²) in [7, 11) is 0. The molecule has 0 bridgehead atoms. The molecule has 7 nitrogen and oxygen atoms in total. The molecule has 2 aliphatic rings. The number of carbonyl (C=O) groups is 4. The second-order valence-electron chi connectivity index (χ2n) is 15.3. The molecule has 7 heteroatoms. The van der Waals surface area contributed by atoms with Crippen molar-refractivity contribution in [2.24, 2.45) is 0 Å². The van der Waals surface area contributed by atoms with Crippen LogP contribution in [-0.2, 0) is 0 Å². The molecule has 4 amide bonds. The monoisotopic (exact) mass is 737 g/mol. The maximum absolute atomic E-state index is 14.2. The van der Waals surface area contributed by atoms with Crippen LogP contribution < -0.4 is 15.5 Å². The largest absolute Gasteiger partial charge is 0.399 e. The van der Waals surface area contributed by atoms with Gasteiger partial charge in [0.25, 0.3) is 23.6 Å². The van der Waals surface area contributed by atoms with Gasteiger partial charge in [-0.05, 0) is 177 Å². The standard InChI is InChI=1S/C49H43N3O4/c1-24-10-12-33(13-11-24)35-16-20-38-40(22-35)48(55)51(46(38)53)44-29(6)25(2)42(26(3)30(44)7)43-27(4)31(8)45(32(9)28(43)5)52-47(54)39-21-17-36(23-41(39)49(52)56)34-14-18-37(50)19-15-34/h10-23H,50H2,1-9H3. The van der Waals surface area contributed by atoms with E-state index in [-0.39, 0.29) is 23.6 Å². The van der Waals surface area contributed by atoms with Gasteiger partial charge in [0.05, 0.1) is 33.6 Å². The molecule has 0 atom stereocenters. The Kier molecular flexibility index (Phi) is 8.46. The third-order valence-electron chi connectivity index (χ3n) is 12.3. The summed E-state index contributed by atoms with van der Waals surface area (Å²) in [6, 6.07) is 26.4. The van der Waals surface area contributed by atoms with E-state index in [1.54, 1.807) is 18.2 Å². The number of benzene rings is 6. The van der Waals surface area contributed by atoms with Crippen LogP contribution in [0.1, 0.15) is 91.5 Å². The van der Waals surface area contributed by atoms with Crippen LogP contribution in [0.3, 0.4) is 0 Å². The molecule has 56 heavy (non-hydrogen) atoms. The van der Waals surface area contributed by atoms with Crippen molar-refractivity contribution in [3.05, 3.63) is 157 Å². The number of rotatable bonds is 5. The first-order chi connectivity index (χ1) is 26.6. The van der Waals surface area contributed by atoms with E-state index >= 15 is 0 Å². The molecule has 0 aromatic heterocycles. The van der Waals surface area contributed by atoms with Crippen molar-refractivity contribution in [2.45, 2.75) is 62.3 Å². The lowest BCUT2D eigenvalue weighted by atomic mass is 9.81. The SMILES string of the molecule is Cc1ccc(-c2ccc3c(c2)C(=O)N(c2c(C)c(C)c(-c4c(C)c(C)c(N5C(=O)c6ccc(-c7ccc(N)cc7)cc6C5=O)c(C)c4C)c(C)c2C)C3=O)cc1. The summed E-state index contributed by atoms with van der Waals surface area (Å²) in [5.74, 6) is -1.36. The molecule has 6 aromatic carbocycles. The van der Waals surface area contributed by atoms with E-state index in [0.29, 0.717) is 39.3 Å². The topological polar surface area (TPSA) is 101 Å². The van der Waals surface area contributed by atoms with E-state index in [4.69, 9.17) is 5.73 Å². The highest BCUT2D eigenvalue weighted by Crippen LogP contribution is 2.47. The van der Waals surface area contributed by atoms with E-state index in [1.807, 2.05) is 129 Å². The number of anilines is 3. The quantitative estimate of drug-likeness (QED) is 0.140. The van der Waals surface area contributed by atoms with Crippen LogP contribution >= 0.6 is 0 Å². The van der Waals surface area contributed by atoms with Gasteiger partial charge >= 0.3 is 0 Å². The number of nitrogens with zero attached hydrogens (tertiary/aromatic N) is 2. The normalized spacial score (nSPS) is 13.6. The van der Waals surface area contributed by atoms with Crippen LogP contribution in [-0.4, -0.2) is 23.6 Å². The fraction of sp³-hybridized carbons (Fsp3) is 0.184. The smallest absolute Gasteiger partial charge is 0.266 e. The van der Waals surface area contributed by atoms with Gasteiger partial charge in [0.15, 0.2) is 0 Å². The van der Waals surface area contributed by atoms with Crippen LogP contribution in [0.2, 0.25) is 0 Å². The number of amides is 4. The van der Waals surface area contributed by atoms with Crippen molar-refractivity contribution in [3.8, 4) is 33.4 Å². The molecule has 0 saturated carbocycles. The molecule has 0 unspecified atom stereocenters. The van der Waals surface area contributed by atoms with E-state index in [9.17, 15) is 19.2 Å². The molecule has 2 N–H and O–H groups in total. The maximum Gasteiger partial charge on any atom is 0.266 e. The maximum atomic E-state index is 14.2.